The number of urea groups is 1. The fourth-order valence-electron chi connectivity index (χ4n) is 1.73. The van der Waals surface area contributed by atoms with Gasteiger partial charge < -0.3 is 20.5 Å². The number of carbonyl (C=O) groups is 2. The lowest BCUT2D eigenvalue weighted by Gasteiger charge is -2.23. The third-order valence-electron chi connectivity index (χ3n) is 3.28. The van der Waals surface area contributed by atoms with E-state index in [0.29, 0.717) is 26.1 Å². The Morgan fingerprint density at radius 2 is 1.76 bits per heavy atom. The number of amides is 2. The molecule has 0 rings (SSSR count). The van der Waals surface area contributed by atoms with Gasteiger partial charge in [0.15, 0.2) is 0 Å². The molecular weight excluding hydrogens is 272 g/mol. The molecule has 0 aliphatic carbocycles. The van der Waals surface area contributed by atoms with E-state index in [0.717, 1.165) is 25.9 Å². The number of carbonyl (C=O) groups excluding carboxylic acids is 1. The van der Waals surface area contributed by atoms with Crippen LogP contribution < -0.4 is 10.6 Å². The average molecular weight is 302 g/mol. The lowest BCUT2D eigenvalue weighted by atomic mass is 9.84. The molecular formula is C15H30N2O4. The number of aliphatic carboxylic acids is 1. The fraction of sp³-hybridized carbons (Fsp3) is 0.867. The van der Waals surface area contributed by atoms with Crippen LogP contribution in [0.4, 0.5) is 4.79 Å². The predicted octanol–water partition coefficient (Wildman–Crippen LogP) is 2.38. The largest absolute Gasteiger partial charge is 0.481 e. The van der Waals surface area contributed by atoms with Crippen LogP contribution in [0.2, 0.25) is 0 Å². The Bertz CT molecular complexity index is 306. The first-order chi connectivity index (χ1) is 9.87. The van der Waals surface area contributed by atoms with Crippen LogP contribution in [0.5, 0.6) is 0 Å². The molecule has 124 valence electrons. The van der Waals surface area contributed by atoms with Crippen molar-refractivity contribution in [2.24, 2.45) is 5.41 Å². The quantitative estimate of drug-likeness (QED) is 0.483. The van der Waals surface area contributed by atoms with Crippen molar-refractivity contribution in [1.29, 1.82) is 0 Å². The van der Waals surface area contributed by atoms with Gasteiger partial charge in [0.25, 0.3) is 0 Å². The summed E-state index contributed by atoms with van der Waals surface area (Å²) in [4.78, 5) is 22.1. The number of hydrogen-bond acceptors (Lipinski definition) is 3. The Balaban J connectivity index is 3.58. The van der Waals surface area contributed by atoms with E-state index >= 15 is 0 Å². The Hall–Kier alpha value is -1.30. The number of carboxylic acids is 1. The molecule has 0 aliphatic heterocycles. The molecule has 0 saturated carbocycles. The SMILES string of the molecule is CCCCOCCNC(=O)NCCC(C)(C)CCC(=O)O. The first-order valence-electron chi connectivity index (χ1n) is 7.68. The van der Waals surface area contributed by atoms with Crippen LogP contribution in [0.3, 0.4) is 0 Å². The van der Waals surface area contributed by atoms with Crippen molar-refractivity contribution < 1.29 is 19.4 Å². The first kappa shape index (κ1) is 19.7. The maximum absolute atomic E-state index is 11.5. The maximum atomic E-state index is 11.5. The summed E-state index contributed by atoms with van der Waals surface area (Å²) in [5, 5.41) is 14.2. The molecule has 3 N–H and O–H groups in total. The summed E-state index contributed by atoms with van der Waals surface area (Å²) in [6.45, 7) is 8.42. The Labute approximate surface area is 127 Å². The van der Waals surface area contributed by atoms with Crippen molar-refractivity contribution in [1.82, 2.24) is 10.6 Å². The van der Waals surface area contributed by atoms with Gasteiger partial charge in [-0.2, -0.15) is 0 Å². The molecule has 0 aromatic heterocycles. The van der Waals surface area contributed by atoms with Gasteiger partial charge in [-0.15, -0.1) is 0 Å². The molecule has 0 fully saturated rings. The van der Waals surface area contributed by atoms with E-state index in [9.17, 15) is 9.59 Å². The van der Waals surface area contributed by atoms with E-state index in [-0.39, 0.29) is 17.9 Å². The lowest BCUT2D eigenvalue weighted by Crippen LogP contribution is -2.38. The van der Waals surface area contributed by atoms with Gasteiger partial charge in [-0.05, 0) is 24.7 Å². The highest BCUT2D eigenvalue weighted by molar-refractivity contribution is 5.73. The zero-order valence-corrected chi connectivity index (χ0v) is 13.5. The van der Waals surface area contributed by atoms with E-state index < -0.39 is 5.97 Å². The van der Waals surface area contributed by atoms with Crippen molar-refractivity contribution in [3.63, 3.8) is 0 Å². The second-order valence-electron chi connectivity index (χ2n) is 5.96. The molecule has 2 amide bonds. The summed E-state index contributed by atoms with van der Waals surface area (Å²) in [5.41, 5.74) is -0.0884. The van der Waals surface area contributed by atoms with Crippen LogP contribution in [0.15, 0.2) is 0 Å². The molecule has 0 heterocycles. The number of ether oxygens (including phenoxy) is 1. The summed E-state index contributed by atoms with van der Waals surface area (Å²) in [6, 6.07) is -0.205. The van der Waals surface area contributed by atoms with Gasteiger partial charge in [0, 0.05) is 26.1 Å². The second-order valence-corrected chi connectivity index (χ2v) is 5.96. The lowest BCUT2D eigenvalue weighted by molar-refractivity contribution is -0.137. The molecule has 0 saturated heterocycles. The summed E-state index contributed by atoms with van der Waals surface area (Å²) in [6.07, 6.45) is 3.66. The molecule has 0 radical (unpaired) electrons. The molecule has 0 bridgehead atoms. The smallest absolute Gasteiger partial charge is 0.314 e. The van der Waals surface area contributed by atoms with Crippen LogP contribution >= 0.6 is 0 Å². The maximum Gasteiger partial charge on any atom is 0.314 e. The van der Waals surface area contributed by atoms with Gasteiger partial charge in [0.2, 0.25) is 0 Å². The molecule has 0 spiro atoms. The fourth-order valence-corrected chi connectivity index (χ4v) is 1.73. The molecule has 0 unspecified atom stereocenters. The van der Waals surface area contributed by atoms with Crippen molar-refractivity contribution >= 4 is 12.0 Å². The zero-order chi connectivity index (χ0) is 16.1. The average Bonchev–Trinajstić information content (AvgIpc) is 2.40. The number of hydrogen-bond donors (Lipinski definition) is 3. The zero-order valence-electron chi connectivity index (χ0n) is 13.5. The minimum atomic E-state index is -0.781. The summed E-state index contributed by atoms with van der Waals surface area (Å²) in [5.74, 6) is -0.781. The minimum absolute atomic E-state index is 0.0884. The van der Waals surface area contributed by atoms with Gasteiger partial charge in [-0.25, -0.2) is 4.79 Å². The molecule has 0 aliphatic rings. The van der Waals surface area contributed by atoms with Crippen LogP contribution in [-0.2, 0) is 9.53 Å². The summed E-state index contributed by atoms with van der Waals surface area (Å²) in [7, 11) is 0. The van der Waals surface area contributed by atoms with Crippen LogP contribution in [0.1, 0.15) is 52.9 Å². The number of rotatable bonds is 12. The van der Waals surface area contributed by atoms with Crippen LogP contribution in [0.25, 0.3) is 0 Å². The topological polar surface area (TPSA) is 87.7 Å². The standard InChI is InChI=1S/C15H30N2O4/c1-4-5-11-21-12-10-17-14(20)16-9-8-15(2,3)7-6-13(18)19/h4-12H2,1-3H3,(H,18,19)(H2,16,17,20). The number of nitrogens with one attached hydrogen (secondary N) is 2. The first-order valence-corrected chi connectivity index (χ1v) is 7.68. The van der Waals surface area contributed by atoms with E-state index in [2.05, 4.69) is 17.6 Å². The van der Waals surface area contributed by atoms with E-state index in [1.165, 1.54) is 0 Å². The Morgan fingerprint density at radius 1 is 1.10 bits per heavy atom. The molecule has 0 aromatic rings. The highest BCUT2D eigenvalue weighted by Crippen LogP contribution is 2.25. The van der Waals surface area contributed by atoms with E-state index in [4.69, 9.17) is 9.84 Å². The second kappa shape index (κ2) is 11.4. The van der Waals surface area contributed by atoms with Crippen LogP contribution in [0, 0.1) is 5.41 Å². The predicted molar refractivity (Wildman–Crippen MR) is 82.4 cm³/mol. The Kier molecular flexibility index (Phi) is 10.7. The third-order valence-corrected chi connectivity index (χ3v) is 3.28. The van der Waals surface area contributed by atoms with Gasteiger partial charge in [0.05, 0.1) is 6.61 Å². The van der Waals surface area contributed by atoms with Gasteiger partial charge in [-0.3, -0.25) is 4.79 Å². The van der Waals surface area contributed by atoms with E-state index in [1.807, 2.05) is 13.8 Å². The third kappa shape index (κ3) is 13.4. The van der Waals surface area contributed by atoms with Crippen molar-refractivity contribution in [3.05, 3.63) is 0 Å². The van der Waals surface area contributed by atoms with Crippen molar-refractivity contribution in [2.75, 3.05) is 26.3 Å². The number of carboxylic acid groups (broad SMARTS) is 1. The Morgan fingerprint density at radius 3 is 2.38 bits per heavy atom. The summed E-state index contributed by atoms with van der Waals surface area (Å²) < 4.78 is 5.34. The molecule has 0 atom stereocenters. The van der Waals surface area contributed by atoms with E-state index in [1.54, 1.807) is 0 Å². The van der Waals surface area contributed by atoms with Crippen molar-refractivity contribution in [2.45, 2.75) is 52.9 Å². The monoisotopic (exact) mass is 302 g/mol. The molecule has 6 heteroatoms. The molecule has 21 heavy (non-hydrogen) atoms. The normalized spacial score (nSPS) is 11.2. The van der Waals surface area contributed by atoms with Gasteiger partial charge in [0.1, 0.15) is 0 Å². The molecule has 6 nitrogen and oxygen atoms in total. The van der Waals surface area contributed by atoms with Gasteiger partial charge in [-0.1, -0.05) is 27.2 Å². The summed E-state index contributed by atoms with van der Waals surface area (Å²) >= 11 is 0. The molecule has 0 aromatic carbocycles. The highest BCUT2D eigenvalue weighted by atomic mass is 16.5. The highest BCUT2D eigenvalue weighted by Gasteiger charge is 2.19. The van der Waals surface area contributed by atoms with Gasteiger partial charge >= 0.3 is 12.0 Å². The van der Waals surface area contributed by atoms with Crippen LogP contribution in [-0.4, -0.2) is 43.4 Å². The minimum Gasteiger partial charge on any atom is -0.481 e. The van der Waals surface area contributed by atoms with Crippen molar-refractivity contribution in [3.8, 4) is 0 Å². The number of unbranched alkanes of at least 4 members (excludes halogenated alkanes) is 1.